The molecular formula is C57H61BN2O. The first kappa shape index (κ1) is 38.7. The second-order valence-corrected chi connectivity index (χ2v) is 22.7. The van der Waals surface area contributed by atoms with Gasteiger partial charge >= 0.3 is 0 Å². The first-order valence-corrected chi connectivity index (χ1v) is 22.9. The molecule has 4 aliphatic rings. The number of nitrogens with zero attached hydrogens (tertiary/aromatic N) is 2. The molecule has 4 heterocycles. The minimum Gasteiger partial charge on any atom is -0.456 e. The number of hydrogen-bond acceptors (Lipinski definition) is 3. The van der Waals surface area contributed by atoms with Crippen molar-refractivity contribution in [1.82, 2.24) is 0 Å². The predicted octanol–water partition coefficient (Wildman–Crippen LogP) is 13.8. The van der Waals surface area contributed by atoms with Crippen LogP contribution in [0, 0.1) is 6.92 Å². The van der Waals surface area contributed by atoms with Crippen LogP contribution in [0.4, 0.5) is 28.4 Å². The fourth-order valence-corrected chi connectivity index (χ4v) is 11.9. The van der Waals surface area contributed by atoms with Crippen LogP contribution in [0.2, 0.25) is 0 Å². The van der Waals surface area contributed by atoms with E-state index in [9.17, 15) is 0 Å². The average Bonchev–Trinajstić information content (AvgIpc) is 3.66. The Hall–Kier alpha value is -5.22. The van der Waals surface area contributed by atoms with E-state index in [0.717, 1.165) is 11.2 Å². The molecule has 2 unspecified atom stereocenters. The highest BCUT2D eigenvalue weighted by atomic mass is 16.3. The molecule has 7 aromatic rings. The smallest absolute Gasteiger partial charge is 0.252 e. The summed E-state index contributed by atoms with van der Waals surface area (Å²) in [4.78, 5) is 5.51. The zero-order valence-electron chi connectivity index (χ0n) is 38.5. The van der Waals surface area contributed by atoms with Crippen molar-refractivity contribution in [2.45, 2.75) is 136 Å². The molecule has 0 amide bonds. The number of benzene rings is 6. The Labute approximate surface area is 364 Å². The van der Waals surface area contributed by atoms with Crippen molar-refractivity contribution >= 4 is 73.5 Å². The van der Waals surface area contributed by atoms with Gasteiger partial charge in [-0.25, -0.2) is 0 Å². The van der Waals surface area contributed by atoms with Gasteiger partial charge in [0.2, 0.25) is 0 Å². The monoisotopic (exact) mass is 800 g/mol. The highest BCUT2D eigenvalue weighted by Crippen LogP contribution is 2.62. The number of anilines is 5. The molecule has 0 saturated heterocycles. The molecule has 11 rings (SSSR count). The zero-order valence-corrected chi connectivity index (χ0v) is 38.5. The van der Waals surface area contributed by atoms with E-state index in [-0.39, 0.29) is 33.9 Å². The van der Waals surface area contributed by atoms with Crippen molar-refractivity contribution in [2.75, 3.05) is 9.80 Å². The van der Waals surface area contributed by atoms with Gasteiger partial charge in [-0.05, 0) is 135 Å². The van der Waals surface area contributed by atoms with E-state index in [1.165, 1.54) is 115 Å². The maximum Gasteiger partial charge on any atom is 0.252 e. The third kappa shape index (κ3) is 5.36. The van der Waals surface area contributed by atoms with Gasteiger partial charge in [0.15, 0.2) is 0 Å². The van der Waals surface area contributed by atoms with E-state index in [0.29, 0.717) is 0 Å². The van der Waals surface area contributed by atoms with E-state index in [2.05, 4.69) is 196 Å². The zero-order chi connectivity index (χ0) is 42.8. The summed E-state index contributed by atoms with van der Waals surface area (Å²) in [7, 11) is 0. The lowest BCUT2D eigenvalue weighted by Gasteiger charge is -2.53. The summed E-state index contributed by atoms with van der Waals surface area (Å²) in [6, 6.07) is 40.4. The van der Waals surface area contributed by atoms with Crippen molar-refractivity contribution in [3.8, 4) is 11.1 Å². The highest BCUT2D eigenvalue weighted by Gasteiger charge is 2.61. The van der Waals surface area contributed by atoms with E-state index in [1.54, 1.807) is 5.56 Å². The standard InChI is InChI=1S/C57H61BN2O/c1-34-26-47-51-48(27-34)60-52-42(56(11)24-16-17-25-57(56,60)12)29-38(55(8,9)10)30-44(52)58(51)43-33-50-41(39-22-20-37(54(5,6)7)31-49(39)61-50)32-46(43)59(47)45-23-21-36(53(2,3)4)28-40(45)35-18-14-13-15-19-35/h13-15,18-23,26-33H,16-17,24-25H2,1-12H3. The summed E-state index contributed by atoms with van der Waals surface area (Å²) < 4.78 is 6.99. The lowest BCUT2D eigenvalue weighted by atomic mass is 9.33. The Bertz CT molecular complexity index is 2990. The quantitative estimate of drug-likeness (QED) is 0.162. The number of hydrogen-bond donors (Lipinski definition) is 0. The van der Waals surface area contributed by atoms with E-state index in [4.69, 9.17) is 4.42 Å². The molecule has 0 N–H and O–H groups in total. The molecule has 3 nitrogen and oxygen atoms in total. The molecule has 1 saturated carbocycles. The Balaban J connectivity index is 1.29. The molecule has 4 heteroatoms. The van der Waals surface area contributed by atoms with Gasteiger partial charge in [-0.2, -0.15) is 0 Å². The molecule has 3 aliphatic heterocycles. The minimum absolute atomic E-state index is 0.00668. The van der Waals surface area contributed by atoms with Crippen molar-refractivity contribution in [2.24, 2.45) is 0 Å². The lowest BCUT2D eigenvalue weighted by Crippen LogP contribution is -2.64. The maximum atomic E-state index is 6.99. The molecule has 0 radical (unpaired) electrons. The number of rotatable bonds is 2. The Morgan fingerprint density at radius 1 is 0.574 bits per heavy atom. The van der Waals surface area contributed by atoms with Gasteiger partial charge in [-0.15, -0.1) is 0 Å². The third-order valence-electron chi connectivity index (χ3n) is 15.7. The maximum absolute atomic E-state index is 6.99. The lowest BCUT2D eigenvalue weighted by molar-refractivity contribution is 0.195. The minimum atomic E-state index is -0.0481. The molecule has 61 heavy (non-hydrogen) atoms. The summed E-state index contributed by atoms with van der Waals surface area (Å²) in [6.07, 6.45) is 4.91. The largest absolute Gasteiger partial charge is 0.456 e. The highest BCUT2D eigenvalue weighted by molar-refractivity contribution is 7.00. The fraction of sp³-hybridized carbons (Fsp3) is 0.368. The van der Waals surface area contributed by atoms with Gasteiger partial charge in [0.1, 0.15) is 11.2 Å². The molecule has 0 bridgehead atoms. The molecule has 1 aliphatic carbocycles. The fourth-order valence-electron chi connectivity index (χ4n) is 11.9. The van der Waals surface area contributed by atoms with Gasteiger partial charge in [-0.1, -0.05) is 143 Å². The summed E-state index contributed by atoms with van der Waals surface area (Å²) in [5.41, 5.74) is 22.1. The van der Waals surface area contributed by atoms with Gasteiger partial charge in [0.25, 0.3) is 6.71 Å². The van der Waals surface area contributed by atoms with Gasteiger partial charge in [0, 0.05) is 44.5 Å². The molecule has 1 fully saturated rings. The van der Waals surface area contributed by atoms with Crippen molar-refractivity contribution in [1.29, 1.82) is 0 Å². The van der Waals surface area contributed by atoms with Crippen LogP contribution in [0.25, 0.3) is 33.1 Å². The van der Waals surface area contributed by atoms with Gasteiger partial charge in [0.05, 0.1) is 11.2 Å². The van der Waals surface area contributed by atoms with Crippen LogP contribution in [0.3, 0.4) is 0 Å². The SMILES string of the molecule is Cc1cc2c3c(c1)N1c4c(cc(C(C)(C)C)cc4C4(C)CCCCC14C)B3c1cc3oc4cc(C(C)(C)C)ccc4c3cc1N2c1ccc(C(C)(C)C)cc1-c1ccccc1. The summed E-state index contributed by atoms with van der Waals surface area (Å²) in [5.74, 6) is 0. The average molecular weight is 801 g/mol. The third-order valence-corrected chi connectivity index (χ3v) is 15.7. The molecule has 2 atom stereocenters. The second-order valence-electron chi connectivity index (χ2n) is 22.7. The Morgan fingerprint density at radius 2 is 1.23 bits per heavy atom. The van der Waals surface area contributed by atoms with Crippen LogP contribution >= 0.6 is 0 Å². The van der Waals surface area contributed by atoms with E-state index >= 15 is 0 Å². The Kier molecular flexibility index (Phi) is 7.90. The predicted molar refractivity (Wildman–Crippen MR) is 262 cm³/mol. The van der Waals surface area contributed by atoms with Crippen LogP contribution in [0.15, 0.2) is 108 Å². The molecular weight excluding hydrogens is 739 g/mol. The normalized spacial score (nSPS) is 20.6. The van der Waals surface area contributed by atoms with Crippen molar-refractivity contribution in [3.05, 3.63) is 131 Å². The topological polar surface area (TPSA) is 19.6 Å². The Morgan fingerprint density at radius 3 is 1.95 bits per heavy atom. The summed E-state index contributed by atoms with van der Waals surface area (Å²) >= 11 is 0. The van der Waals surface area contributed by atoms with Crippen LogP contribution in [0.1, 0.15) is 130 Å². The first-order chi connectivity index (χ1) is 28.8. The number of fused-ring (bicyclic) bond motifs is 10. The number of furan rings is 1. The summed E-state index contributed by atoms with van der Waals surface area (Å²) in [6.45, 7) is 28.6. The second kappa shape index (κ2) is 12.5. The molecule has 1 aromatic heterocycles. The van der Waals surface area contributed by atoms with Crippen LogP contribution < -0.4 is 26.2 Å². The number of aryl methyl sites for hydroxylation is 1. The van der Waals surface area contributed by atoms with E-state index in [1.807, 2.05) is 0 Å². The van der Waals surface area contributed by atoms with Gasteiger partial charge < -0.3 is 14.2 Å². The molecule has 0 spiro atoms. The molecule has 308 valence electrons. The van der Waals surface area contributed by atoms with Crippen molar-refractivity contribution in [3.63, 3.8) is 0 Å². The van der Waals surface area contributed by atoms with Crippen LogP contribution in [-0.2, 0) is 21.7 Å². The molecule has 6 aromatic carbocycles. The van der Waals surface area contributed by atoms with Gasteiger partial charge in [-0.3, -0.25) is 0 Å². The first-order valence-electron chi connectivity index (χ1n) is 22.9. The van der Waals surface area contributed by atoms with Crippen molar-refractivity contribution < 1.29 is 4.42 Å². The van der Waals surface area contributed by atoms with Crippen LogP contribution in [0.5, 0.6) is 0 Å². The summed E-state index contributed by atoms with van der Waals surface area (Å²) in [5, 5.41) is 2.34. The van der Waals surface area contributed by atoms with E-state index < -0.39 is 0 Å². The van der Waals surface area contributed by atoms with Crippen LogP contribution in [-0.4, -0.2) is 12.3 Å².